The summed E-state index contributed by atoms with van der Waals surface area (Å²) in [6, 6.07) is 4.59. The third kappa shape index (κ3) is 4.47. The highest BCUT2D eigenvalue weighted by atomic mass is 19.4. The number of hydrogen-bond acceptors (Lipinski definition) is 7. The maximum absolute atomic E-state index is 13.2. The Labute approximate surface area is 200 Å². The molecule has 8 nitrogen and oxygen atoms in total. The van der Waals surface area contributed by atoms with Crippen molar-refractivity contribution in [2.24, 2.45) is 10.9 Å². The van der Waals surface area contributed by atoms with Gasteiger partial charge in [-0.15, -0.1) is 0 Å². The number of amides is 1. The molecule has 0 radical (unpaired) electrons. The molecule has 11 heteroatoms. The molecule has 3 aliphatic heterocycles. The summed E-state index contributed by atoms with van der Waals surface area (Å²) in [6.45, 7) is 3.45. The molecule has 1 fully saturated rings. The molecular formula is C24H26F3N7O. The fourth-order valence-electron chi connectivity index (χ4n) is 4.76. The smallest absolute Gasteiger partial charge is 0.357 e. The normalized spacial score (nSPS) is 21.6. The van der Waals surface area contributed by atoms with Crippen molar-refractivity contribution in [1.29, 1.82) is 0 Å². The first-order valence-corrected chi connectivity index (χ1v) is 11.6. The Morgan fingerprint density at radius 1 is 1.29 bits per heavy atom. The number of hydrogen-bond donors (Lipinski definition) is 3. The Morgan fingerprint density at radius 3 is 2.89 bits per heavy atom. The minimum absolute atomic E-state index is 0.0181. The molecule has 0 spiro atoms. The summed E-state index contributed by atoms with van der Waals surface area (Å²) in [7, 11) is 1.76. The zero-order valence-electron chi connectivity index (χ0n) is 19.4. The van der Waals surface area contributed by atoms with Gasteiger partial charge in [0.2, 0.25) is 11.9 Å². The topological polar surface area (TPSA) is 94.5 Å². The van der Waals surface area contributed by atoms with E-state index < -0.39 is 24.0 Å². The van der Waals surface area contributed by atoms with Crippen LogP contribution >= 0.6 is 0 Å². The van der Waals surface area contributed by atoms with Gasteiger partial charge in [-0.2, -0.15) is 18.2 Å². The standard InChI is InChI=1S/C24H26F3N7O/c1-13-3-4-16(32-22(35)19-10-15(5-6-29-19)24(25,26)27)11-17(13)18-9-14-12-31-23(28-2)33-20(14)34-8-7-30-21(18)34/h3-4,9,11-12,15,19,29H,5-8,10H2,1-2H3,(H,32,35)(H,28,31,33). The number of nitrogens with zero attached hydrogens (tertiary/aromatic N) is 4. The molecular weight excluding hydrogens is 459 g/mol. The molecule has 2 atom stereocenters. The van der Waals surface area contributed by atoms with Crippen molar-refractivity contribution in [3.63, 3.8) is 0 Å². The monoisotopic (exact) mass is 485 g/mol. The van der Waals surface area contributed by atoms with E-state index in [1.807, 2.05) is 25.1 Å². The van der Waals surface area contributed by atoms with Gasteiger partial charge in [0.1, 0.15) is 11.7 Å². The first-order valence-electron chi connectivity index (χ1n) is 11.6. The molecule has 1 saturated heterocycles. The van der Waals surface area contributed by atoms with Crippen molar-refractivity contribution in [3.8, 4) is 0 Å². The minimum atomic E-state index is -4.30. The van der Waals surface area contributed by atoms with E-state index in [9.17, 15) is 18.0 Å². The molecule has 1 amide bonds. The molecule has 1 aromatic heterocycles. The average molecular weight is 486 g/mol. The van der Waals surface area contributed by atoms with Crippen molar-refractivity contribution in [2.45, 2.75) is 32.0 Å². The Kier molecular flexibility index (Phi) is 5.96. The zero-order chi connectivity index (χ0) is 24.7. The molecule has 35 heavy (non-hydrogen) atoms. The highest BCUT2D eigenvalue weighted by Gasteiger charge is 2.43. The van der Waals surface area contributed by atoms with Crippen LogP contribution in [0.25, 0.3) is 11.6 Å². The molecule has 5 rings (SSSR count). The van der Waals surface area contributed by atoms with Crippen LogP contribution in [0.1, 0.15) is 29.5 Å². The van der Waals surface area contributed by atoms with Gasteiger partial charge in [-0.3, -0.25) is 9.79 Å². The summed E-state index contributed by atoms with van der Waals surface area (Å²) < 4.78 is 39.5. The van der Waals surface area contributed by atoms with Crippen molar-refractivity contribution in [2.75, 3.05) is 42.2 Å². The zero-order valence-corrected chi connectivity index (χ0v) is 19.4. The molecule has 0 saturated carbocycles. The number of anilines is 3. The fourth-order valence-corrected chi connectivity index (χ4v) is 4.76. The molecule has 3 aliphatic rings. The summed E-state index contributed by atoms with van der Waals surface area (Å²) in [5.41, 5.74) is 4.12. The van der Waals surface area contributed by atoms with E-state index in [2.05, 4.69) is 30.8 Å². The molecule has 2 unspecified atom stereocenters. The van der Waals surface area contributed by atoms with E-state index in [4.69, 9.17) is 4.99 Å². The lowest BCUT2D eigenvalue weighted by atomic mass is 9.91. The lowest BCUT2D eigenvalue weighted by Crippen LogP contribution is -2.48. The first kappa shape index (κ1) is 23.3. The maximum atomic E-state index is 13.2. The SMILES string of the molecule is CNc1ncc2c(n1)N1CCN=C1C(c1cc(NC(=O)C3CC(C(F)(F)F)CCN3)ccc1C)=C2. The predicted molar refractivity (Wildman–Crippen MR) is 129 cm³/mol. The second kappa shape index (κ2) is 8.95. The number of aryl methyl sites for hydroxylation is 1. The van der Waals surface area contributed by atoms with E-state index in [1.165, 1.54) is 0 Å². The van der Waals surface area contributed by atoms with Gasteiger partial charge >= 0.3 is 6.18 Å². The fraction of sp³-hybridized carbons (Fsp3) is 0.417. The average Bonchev–Trinajstić information content (AvgIpc) is 3.34. The molecule has 3 N–H and O–H groups in total. The van der Waals surface area contributed by atoms with Crippen LogP contribution in [0.3, 0.4) is 0 Å². The van der Waals surface area contributed by atoms with Crippen LogP contribution < -0.4 is 20.9 Å². The Morgan fingerprint density at radius 2 is 2.11 bits per heavy atom. The van der Waals surface area contributed by atoms with Crippen LogP contribution in [0.2, 0.25) is 0 Å². The summed E-state index contributed by atoms with van der Waals surface area (Å²) in [5.74, 6) is 0.166. The molecule has 2 aromatic rings. The van der Waals surface area contributed by atoms with Gasteiger partial charge in [-0.1, -0.05) is 6.07 Å². The van der Waals surface area contributed by atoms with E-state index in [0.717, 1.165) is 33.9 Å². The quantitative estimate of drug-likeness (QED) is 0.614. The van der Waals surface area contributed by atoms with Crippen LogP contribution in [0.5, 0.6) is 0 Å². The number of amidine groups is 1. The third-order valence-electron chi connectivity index (χ3n) is 6.64. The summed E-state index contributed by atoms with van der Waals surface area (Å²) in [5, 5.41) is 8.67. The molecule has 1 aromatic carbocycles. The van der Waals surface area contributed by atoms with E-state index >= 15 is 0 Å². The third-order valence-corrected chi connectivity index (χ3v) is 6.64. The summed E-state index contributed by atoms with van der Waals surface area (Å²) >= 11 is 0. The minimum Gasteiger partial charge on any atom is -0.357 e. The Hall–Kier alpha value is -3.47. The highest BCUT2D eigenvalue weighted by Crippen LogP contribution is 2.37. The Bertz CT molecular complexity index is 1220. The second-order valence-corrected chi connectivity index (χ2v) is 8.93. The number of fused-ring (bicyclic) bond motifs is 3. The van der Waals surface area contributed by atoms with Crippen molar-refractivity contribution in [1.82, 2.24) is 15.3 Å². The van der Waals surface area contributed by atoms with Gasteiger partial charge in [-0.05, 0) is 55.6 Å². The number of halogens is 3. The van der Waals surface area contributed by atoms with E-state index in [1.54, 1.807) is 19.3 Å². The van der Waals surface area contributed by atoms with Crippen molar-refractivity contribution < 1.29 is 18.0 Å². The van der Waals surface area contributed by atoms with Gasteiger partial charge in [0, 0.05) is 36.6 Å². The van der Waals surface area contributed by atoms with Crippen LogP contribution in [0, 0.1) is 12.8 Å². The lowest BCUT2D eigenvalue weighted by Gasteiger charge is -2.31. The number of aromatic nitrogens is 2. The summed E-state index contributed by atoms with van der Waals surface area (Å²) in [6.07, 6.45) is -0.838. The summed E-state index contributed by atoms with van der Waals surface area (Å²) in [4.78, 5) is 28.5. The van der Waals surface area contributed by atoms with Gasteiger partial charge in [0.15, 0.2) is 0 Å². The number of aliphatic imine (C=N–C) groups is 1. The van der Waals surface area contributed by atoms with Gasteiger partial charge < -0.3 is 20.9 Å². The maximum Gasteiger partial charge on any atom is 0.391 e. The second-order valence-electron chi connectivity index (χ2n) is 8.93. The van der Waals surface area contributed by atoms with Crippen LogP contribution in [-0.4, -0.2) is 60.6 Å². The lowest BCUT2D eigenvalue weighted by molar-refractivity contribution is -0.183. The number of nitrogens with one attached hydrogen (secondary N) is 3. The van der Waals surface area contributed by atoms with Gasteiger partial charge in [-0.25, -0.2) is 4.98 Å². The largest absolute Gasteiger partial charge is 0.391 e. The Balaban J connectivity index is 1.42. The number of rotatable bonds is 4. The first-order chi connectivity index (χ1) is 16.7. The number of piperidine rings is 1. The van der Waals surface area contributed by atoms with Gasteiger partial charge in [0.25, 0.3) is 0 Å². The van der Waals surface area contributed by atoms with Crippen LogP contribution in [0.15, 0.2) is 29.4 Å². The molecule has 0 bridgehead atoms. The van der Waals surface area contributed by atoms with Crippen molar-refractivity contribution in [3.05, 3.63) is 41.1 Å². The molecule has 0 aliphatic carbocycles. The van der Waals surface area contributed by atoms with Gasteiger partial charge in [0.05, 0.1) is 18.5 Å². The highest BCUT2D eigenvalue weighted by molar-refractivity contribution is 6.36. The molecule has 184 valence electrons. The van der Waals surface area contributed by atoms with Crippen molar-refractivity contribution >= 4 is 40.8 Å². The number of benzene rings is 1. The number of carbonyl (C=O) groups is 1. The number of carbonyl (C=O) groups excluding carboxylic acids is 1. The van der Waals surface area contributed by atoms with Crippen LogP contribution in [-0.2, 0) is 4.79 Å². The van der Waals surface area contributed by atoms with E-state index in [0.29, 0.717) is 24.7 Å². The predicted octanol–water partition coefficient (Wildman–Crippen LogP) is 3.47. The molecule has 4 heterocycles. The van der Waals surface area contributed by atoms with E-state index in [-0.39, 0.29) is 19.4 Å². The van der Waals surface area contributed by atoms with Crippen LogP contribution in [0.4, 0.5) is 30.6 Å². The number of alkyl halides is 3.